The highest BCUT2D eigenvalue weighted by Crippen LogP contribution is 2.20. The van der Waals surface area contributed by atoms with E-state index in [1.165, 1.54) is 18.2 Å². The summed E-state index contributed by atoms with van der Waals surface area (Å²) in [5, 5.41) is 3.30. The van der Waals surface area contributed by atoms with E-state index in [0.29, 0.717) is 12.1 Å². The first-order valence-electron chi connectivity index (χ1n) is 7.85. The second-order valence-electron chi connectivity index (χ2n) is 6.18. The van der Waals surface area contributed by atoms with Crippen LogP contribution in [-0.4, -0.2) is 50.7 Å². The molecular weight excluding hydrogens is 384 g/mol. The molecule has 0 spiro atoms. The number of methoxy groups -OCH3 is 1. The van der Waals surface area contributed by atoms with Crippen LogP contribution in [0, 0.1) is 0 Å². The largest absolute Gasteiger partial charge is 0.383 e. The molecule has 4 N–H and O–H groups in total. The number of rotatable bonds is 6. The summed E-state index contributed by atoms with van der Waals surface area (Å²) in [6.45, 7) is 1.42. The van der Waals surface area contributed by atoms with E-state index < -0.39 is 26.7 Å². The summed E-state index contributed by atoms with van der Waals surface area (Å²) in [5.74, 6) is 0. The Labute approximate surface area is 156 Å². The van der Waals surface area contributed by atoms with Crippen molar-refractivity contribution in [3.8, 4) is 0 Å². The lowest BCUT2D eigenvalue weighted by Crippen LogP contribution is -2.52. The number of benzene rings is 1. The molecule has 1 aliphatic rings. The minimum Gasteiger partial charge on any atom is -0.383 e. The van der Waals surface area contributed by atoms with Crippen LogP contribution >= 0.6 is 12.4 Å². The zero-order valence-electron chi connectivity index (χ0n) is 14.1. The van der Waals surface area contributed by atoms with E-state index in [-0.39, 0.29) is 29.4 Å². The molecule has 0 radical (unpaired) electrons. The number of aromatic nitrogens is 2. The summed E-state index contributed by atoms with van der Waals surface area (Å²) in [6, 6.07) is 4.14. The quantitative estimate of drug-likeness (QED) is 0.488. The fourth-order valence-electron chi connectivity index (χ4n) is 3.05. The van der Waals surface area contributed by atoms with Gasteiger partial charge >= 0.3 is 11.1 Å². The predicted octanol–water partition coefficient (Wildman–Crippen LogP) is -0.315. The molecule has 0 amide bonds. The molecule has 0 aliphatic carbocycles. The first kappa shape index (κ1) is 20.6. The number of ether oxygens (including phenoxy) is 1. The van der Waals surface area contributed by atoms with Crippen LogP contribution in [0.15, 0.2) is 32.7 Å². The van der Waals surface area contributed by atoms with Gasteiger partial charge in [-0.3, -0.25) is 9.59 Å². The highest BCUT2D eigenvalue weighted by atomic mass is 35.5. The van der Waals surface area contributed by atoms with Crippen molar-refractivity contribution in [2.75, 3.05) is 26.8 Å². The van der Waals surface area contributed by atoms with Crippen molar-refractivity contribution in [2.45, 2.75) is 23.3 Å². The second kappa shape index (κ2) is 7.89. The molecular formula is C15H21ClN4O5S. The fraction of sp³-hybridized carbons (Fsp3) is 0.467. The van der Waals surface area contributed by atoms with Gasteiger partial charge in [-0.15, -0.1) is 12.4 Å². The van der Waals surface area contributed by atoms with Crippen LogP contribution in [0.25, 0.3) is 11.0 Å². The van der Waals surface area contributed by atoms with Crippen molar-refractivity contribution in [3.63, 3.8) is 0 Å². The fourth-order valence-corrected chi connectivity index (χ4v) is 4.20. The predicted molar refractivity (Wildman–Crippen MR) is 99.5 cm³/mol. The number of nitrogens with one attached hydrogen (secondary N) is 4. The van der Waals surface area contributed by atoms with Crippen molar-refractivity contribution in [3.05, 3.63) is 38.9 Å². The monoisotopic (exact) mass is 404 g/mol. The Morgan fingerprint density at radius 2 is 1.88 bits per heavy atom. The van der Waals surface area contributed by atoms with Gasteiger partial charge in [0.25, 0.3) is 0 Å². The van der Waals surface area contributed by atoms with Gasteiger partial charge in [-0.1, -0.05) is 0 Å². The minimum absolute atomic E-state index is 0. The van der Waals surface area contributed by atoms with E-state index in [9.17, 15) is 18.0 Å². The summed E-state index contributed by atoms with van der Waals surface area (Å²) < 4.78 is 33.0. The Morgan fingerprint density at radius 3 is 2.50 bits per heavy atom. The van der Waals surface area contributed by atoms with Gasteiger partial charge in [0.05, 0.1) is 28.1 Å². The van der Waals surface area contributed by atoms with E-state index in [2.05, 4.69) is 20.0 Å². The number of hydrogen-bond donors (Lipinski definition) is 4. The third-order valence-electron chi connectivity index (χ3n) is 4.36. The minimum atomic E-state index is -3.78. The molecule has 1 saturated heterocycles. The van der Waals surface area contributed by atoms with E-state index >= 15 is 0 Å². The Kier molecular flexibility index (Phi) is 6.25. The molecule has 1 fully saturated rings. The van der Waals surface area contributed by atoms with Crippen molar-refractivity contribution in [2.24, 2.45) is 0 Å². The molecule has 2 aromatic rings. The average molecular weight is 405 g/mol. The van der Waals surface area contributed by atoms with Crippen molar-refractivity contribution in [1.29, 1.82) is 0 Å². The lowest BCUT2D eigenvalue weighted by Gasteiger charge is -2.28. The standard InChI is InChI=1S/C15H20N4O5S.ClH/c1-24-9-15(5-2-6-16-15)8-17-25(22,23)10-3-4-11-12(7-10)19-14(21)13(20)18-11;/h3-4,7,16-17H,2,5-6,8-9H2,1H3,(H,18,20)(H,19,21);1H. The maximum Gasteiger partial charge on any atom is 0.314 e. The molecule has 1 aromatic carbocycles. The topological polar surface area (TPSA) is 133 Å². The van der Waals surface area contributed by atoms with Gasteiger partial charge in [0, 0.05) is 13.7 Å². The zero-order chi connectivity index (χ0) is 18.1. The highest BCUT2D eigenvalue weighted by Gasteiger charge is 2.34. The number of sulfonamides is 1. The number of halogens is 1. The number of H-pyrrole nitrogens is 2. The van der Waals surface area contributed by atoms with Crippen LogP contribution in [0.2, 0.25) is 0 Å². The van der Waals surface area contributed by atoms with Gasteiger partial charge in [-0.2, -0.15) is 0 Å². The molecule has 144 valence electrons. The number of hydrogen-bond acceptors (Lipinski definition) is 6. The van der Waals surface area contributed by atoms with E-state index in [0.717, 1.165) is 19.4 Å². The molecule has 2 heterocycles. The number of aromatic amines is 2. The lowest BCUT2D eigenvalue weighted by atomic mass is 9.99. The first-order valence-corrected chi connectivity index (χ1v) is 9.34. The van der Waals surface area contributed by atoms with E-state index in [1.807, 2.05) is 0 Å². The molecule has 1 aromatic heterocycles. The van der Waals surface area contributed by atoms with Crippen molar-refractivity contribution < 1.29 is 13.2 Å². The van der Waals surface area contributed by atoms with Crippen LogP contribution in [0.3, 0.4) is 0 Å². The third kappa shape index (κ3) is 4.15. The molecule has 9 nitrogen and oxygen atoms in total. The lowest BCUT2D eigenvalue weighted by molar-refractivity contribution is 0.122. The van der Waals surface area contributed by atoms with Gasteiger partial charge in [0.1, 0.15) is 0 Å². The Bertz CT molecular complexity index is 995. The molecule has 3 rings (SSSR count). The SMILES string of the molecule is COCC1(CNS(=O)(=O)c2ccc3[nH]c(=O)c(=O)[nH]c3c2)CCCN1.Cl. The van der Waals surface area contributed by atoms with Crippen LogP contribution in [0.4, 0.5) is 0 Å². The van der Waals surface area contributed by atoms with E-state index in [4.69, 9.17) is 4.74 Å². The highest BCUT2D eigenvalue weighted by molar-refractivity contribution is 7.89. The summed E-state index contributed by atoms with van der Waals surface area (Å²) in [6.07, 6.45) is 1.77. The summed E-state index contributed by atoms with van der Waals surface area (Å²) in [4.78, 5) is 27.5. The summed E-state index contributed by atoms with van der Waals surface area (Å²) in [7, 11) is -2.20. The third-order valence-corrected chi connectivity index (χ3v) is 5.76. The van der Waals surface area contributed by atoms with Gasteiger partial charge in [-0.05, 0) is 37.6 Å². The van der Waals surface area contributed by atoms with Crippen molar-refractivity contribution >= 4 is 33.5 Å². The molecule has 1 unspecified atom stereocenters. The molecule has 11 heteroatoms. The smallest absolute Gasteiger partial charge is 0.314 e. The second-order valence-corrected chi connectivity index (χ2v) is 7.95. The van der Waals surface area contributed by atoms with Gasteiger partial charge in [0.2, 0.25) is 10.0 Å². The molecule has 26 heavy (non-hydrogen) atoms. The summed E-state index contributed by atoms with van der Waals surface area (Å²) in [5.41, 5.74) is -1.42. The first-order chi connectivity index (χ1) is 11.9. The molecule has 0 bridgehead atoms. The van der Waals surface area contributed by atoms with Crippen LogP contribution in [0.5, 0.6) is 0 Å². The van der Waals surface area contributed by atoms with E-state index in [1.54, 1.807) is 7.11 Å². The molecule has 0 saturated carbocycles. The van der Waals surface area contributed by atoms with Crippen LogP contribution < -0.4 is 21.2 Å². The van der Waals surface area contributed by atoms with Crippen molar-refractivity contribution in [1.82, 2.24) is 20.0 Å². The summed E-state index contributed by atoms with van der Waals surface area (Å²) >= 11 is 0. The Morgan fingerprint density at radius 1 is 1.19 bits per heavy atom. The average Bonchev–Trinajstić information content (AvgIpc) is 3.03. The normalized spacial score (nSPS) is 20.2. The zero-order valence-corrected chi connectivity index (χ0v) is 15.8. The Balaban J connectivity index is 0.00000243. The maximum absolute atomic E-state index is 12.6. The Hall–Kier alpha value is -1.72. The van der Waals surface area contributed by atoms with Gasteiger partial charge < -0.3 is 20.0 Å². The van der Waals surface area contributed by atoms with Gasteiger partial charge in [-0.25, -0.2) is 13.1 Å². The van der Waals surface area contributed by atoms with Crippen LogP contribution in [0.1, 0.15) is 12.8 Å². The number of fused-ring (bicyclic) bond motifs is 1. The molecule has 1 atom stereocenters. The molecule has 1 aliphatic heterocycles. The van der Waals surface area contributed by atoms with Crippen LogP contribution in [-0.2, 0) is 14.8 Å². The van der Waals surface area contributed by atoms with Gasteiger partial charge in [0.15, 0.2) is 0 Å². The maximum atomic E-state index is 12.6.